The van der Waals surface area contributed by atoms with Crippen LogP contribution in [0.25, 0.3) is 0 Å². The zero-order chi connectivity index (χ0) is 13.3. The molecule has 94 valence electrons. The number of carboxylic acids is 1. The monoisotopic (exact) mass is 252 g/mol. The van der Waals surface area contributed by atoms with Gasteiger partial charge in [0.2, 0.25) is 0 Å². The predicted molar refractivity (Wildman–Crippen MR) is 56.2 cm³/mol. The number of hydrogen-bond acceptors (Lipinski definition) is 6. The van der Waals surface area contributed by atoms with Crippen molar-refractivity contribution in [3.63, 3.8) is 0 Å². The smallest absolute Gasteiger partial charge is 0.358 e. The third-order valence-electron chi connectivity index (χ3n) is 2.34. The van der Waals surface area contributed by atoms with Gasteiger partial charge in [0.25, 0.3) is 0 Å². The van der Waals surface area contributed by atoms with Crippen LogP contribution in [0.15, 0.2) is 16.9 Å². The molecule has 0 atom stereocenters. The van der Waals surface area contributed by atoms with Gasteiger partial charge in [-0.2, -0.15) is 5.10 Å². The van der Waals surface area contributed by atoms with Gasteiger partial charge in [-0.25, -0.2) is 4.79 Å². The van der Waals surface area contributed by atoms with Gasteiger partial charge in [0.1, 0.15) is 18.2 Å². The Morgan fingerprint density at radius 3 is 2.94 bits per heavy atom. The number of rotatable bonds is 4. The topological polar surface area (TPSA) is 124 Å². The maximum Gasteiger partial charge on any atom is 0.358 e. The second-order valence-electron chi connectivity index (χ2n) is 3.52. The van der Waals surface area contributed by atoms with Gasteiger partial charge < -0.3 is 9.63 Å². The average molecular weight is 252 g/mol. The average Bonchev–Trinajstić information content (AvgIpc) is 2.88. The van der Waals surface area contributed by atoms with Gasteiger partial charge >= 0.3 is 11.7 Å². The Morgan fingerprint density at radius 1 is 1.67 bits per heavy atom. The summed E-state index contributed by atoms with van der Waals surface area (Å²) in [6.07, 6.45) is 2.29. The molecular formula is C9H8N4O5. The van der Waals surface area contributed by atoms with E-state index in [4.69, 9.17) is 9.63 Å². The molecule has 0 aromatic carbocycles. The van der Waals surface area contributed by atoms with E-state index in [9.17, 15) is 14.9 Å². The quantitative estimate of drug-likeness (QED) is 0.631. The number of carbonyl (C=O) groups is 1. The number of hydrogen-bond donors (Lipinski definition) is 1. The lowest BCUT2D eigenvalue weighted by Gasteiger charge is -1.99. The van der Waals surface area contributed by atoms with E-state index in [1.165, 1.54) is 10.9 Å². The van der Waals surface area contributed by atoms with Crippen molar-refractivity contribution in [3.05, 3.63) is 39.5 Å². The summed E-state index contributed by atoms with van der Waals surface area (Å²) in [7, 11) is 0. The predicted octanol–water partition coefficient (Wildman–Crippen LogP) is 0.834. The third kappa shape index (κ3) is 2.05. The van der Waals surface area contributed by atoms with Crippen LogP contribution >= 0.6 is 0 Å². The molecule has 2 heterocycles. The van der Waals surface area contributed by atoms with Crippen LogP contribution in [-0.2, 0) is 6.54 Å². The molecule has 0 fully saturated rings. The van der Waals surface area contributed by atoms with Gasteiger partial charge in [-0.15, -0.1) is 0 Å². The standard InChI is InChI=1S/C9H8N4O5/c1-5-7(8(9(14)15)11-18-5)4-12-3-6(2-10-12)13(16)17/h2-3H,4H2,1H3,(H,14,15). The minimum absolute atomic E-state index is 0.0464. The van der Waals surface area contributed by atoms with E-state index in [0.717, 1.165) is 6.20 Å². The van der Waals surface area contributed by atoms with Gasteiger partial charge in [-0.1, -0.05) is 5.16 Å². The first-order valence-corrected chi connectivity index (χ1v) is 4.84. The molecule has 2 aromatic rings. The summed E-state index contributed by atoms with van der Waals surface area (Å²) in [4.78, 5) is 20.8. The molecule has 2 rings (SSSR count). The molecule has 0 spiro atoms. The van der Waals surface area contributed by atoms with E-state index in [2.05, 4.69) is 10.3 Å². The summed E-state index contributed by atoms with van der Waals surface area (Å²) < 4.78 is 6.03. The summed E-state index contributed by atoms with van der Waals surface area (Å²) >= 11 is 0. The highest BCUT2D eigenvalue weighted by atomic mass is 16.6. The Morgan fingerprint density at radius 2 is 2.39 bits per heavy atom. The lowest BCUT2D eigenvalue weighted by Crippen LogP contribution is -2.07. The molecule has 0 aliphatic rings. The van der Waals surface area contributed by atoms with Gasteiger partial charge in [0, 0.05) is 0 Å². The highest BCUT2D eigenvalue weighted by Crippen LogP contribution is 2.16. The first-order valence-electron chi connectivity index (χ1n) is 4.84. The minimum atomic E-state index is -1.22. The van der Waals surface area contributed by atoms with Crippen molar-refractivity contribution < 1.29 is 19.3 Å². The third-order valence-corrected chi connectivity index (χ3v) is 2.34. The fraction of sp³-hybridized carbons (Fsp3) is 0.222. The highest BCUT2D eigenvalue weighted by molar-refractivity contribution is 5.87. The van der Waals surface area contributed by atoms with Gasteiger partial charge in [0.05, 0.1) is 17.0 Å². The van der Waals surface area contributed by atoms with Crippen LogP contribution in [0.2, 0.25) is 0 Å². The van der Waals surface area contributed by atoms with E-state index in [-0.39, 0.29) is 17.9 Å². The van der Waals surface area contributed by atoms with E-state index in [1.807, 2.05) is 0 Å². The van der Waals surface area contributed by atoms with Crippen molar-refractivity contribution in [1.82, 2.24) is 14.9 Å². The lowest BCUT2D eigenvalue weighted by atomic mass is 10.2. The number of aromatic nitrogens is 3. The van der Waals surface area contributed by atoms with E-state index < -0.39 is 10.9 Å². The molecule has 1 N–H and O–H groups in total. The van der Waals surface area contributed by atoms with E-state index in [1.54, 1.807) is 6.92 Å². The van der Waals surface area contributed by atoms with Crippen LogP contribution in [0.3, 0.4) is 0 Å². The number of nitro groups is 1. The zero-order valence-electron chi connectivity index (χ0n) is 9.23. The number of carboxylic acid groups (broad SMARTS) is 1. The summed E-state index contributed by atoms with van der Waals surface area (Å²) in [6, 6.07) is 0. The van der Waals surface area contributed by atoms with Crippen molar-refractivity contribution in [2.24, 2.45) is 0 Å². The fourth-order valence-corrected chi connectivity index (χ4v) is 1.44. The van der Waals surface area contributed by atoms with E-state index in [0.29, 0.717) is 11.3 Å². The molecule has 0 saturated heterocycles. The lowest BCUT2D eigenvalue weighted by molar-refractivity contribution is -0.385. The highest BCUT2D eigenvalue weighted by Gasteiger charge is 2.20. The fourth-order valence-electron chi connectivity index (χ4n) is 1.44. The first kappa shape index (κ1) is 11.8. The van der Waals surface area contributed by atoms with Crippen LogP contribution in [0.4, 0.5) is 5.69 Å². The molecule has 9 nitrogen and oxygen atoms in total. The van der Waals surface area contributed by atoms with Crippen molar-refractivity contribution in [2.45, 2.75) is 13.5 Å². The summed E-state index contributed by atoms with van der Waals surface area (Å²) in [6.45, 7) is 1.61. The van der Waals surface area contributed by atoms with Crippen LogP contribution in [0.5, 0.6) is 0 Å². The molecule has 0 amide bonds. The Bertz CT molecular complexity index is 614. The molecule has 9 heteroatoms. The SMILES string of the molecule is Cc1onc(C(=O)O)c1Cn1cc([N+](=O)[O-])cn1. The zero-order valence-corrected chi connectivity index (χ0v) is 9.23. The van der Waals surface area contributed by atoms with Crippen LogP contribution in [0, 0.1) is 17.0 Å². The summed E-state index contributed by atoms with van der Waals surface area (Å²) in [5, 5.41) is 26.5. The van der Waals surface area contributed by atoms with Crippen LogP contribution in [-0.4, -0.2) is 30.9 Å². The second-order valence-corrected chi connectivity index (χ2v) is 3.52. The first-order chi connectivity index (χ1) is 8.49. The molecule has 0 bridgehead atoms. The molecule has 0 aliphatic heterocycles. The number of aromatic carboxylic acids is 1. The van der Waals surface area contributed by atoms with Crippen molar-refractivity contribution >= 4 is 11.7 Å². The largest absolute Gasteiger partial charge is 0.476 e. The number of aryl methyl sites for hydroxylation is 1. The Kier molecular flexibility index (Phi) is 2.80. The van der Waals surface area contributed by atoms with Gasteiger partial charge in [-0.3, -0.25) is 14.8 Å². The van der Waals surface area contributed by atoms with Crippen LogP contribution < -0.4 is 0 Å². The van der Waals surface area contributed by atoms with Crippen molar-refractivity contribution in [3.8, 4) is 0 Å². The Labute approximate surface area is 99.8 Å². The Balaban J connectivity index is 2.30. The normalized spacial score (nSPS) is 10.5. The molecule has 18 heavy (non-hydrogen) atoms. The number of nitrogens with zero attached hydrogens (tertiary/aromatic N) is 4. The molecule has 0 unspecified atom stereocenters. The second kappa shape index (κ2) is 4.28. The molecule has 0 radical (unpaired) electrons. The minimum Gasteiger partial charge on any atom is -0.476 e. The molecule has 0 saturated carbocycles. The summed E-state index contributed by atoms with van der Waals surface area (Å²) in [5.74, 6) is -0.881. The molecular weight excluding hydrogens is 244 g/mol. The Hall–Kier alpha value is -2.71. The van der Waals surface area contributed by atoms with Crippen LogP contribution in [0.1, 0.15) is 21.8 Å². The maximum absolute atomic E-state index is 10.9. The van der Waals surface area contributed by atoms with Crippen molar-refractivity contribution in [1.29, 1.82) is 0 Å². The summed E-state index contributed by atoms with van der Waals surface area (Å²) in [5.41, 5.74) is -0.0490. The molecule has 0 aliphatic carbocycles. The van der Waals surface area contributed by atoms with Crippen molar-refractivity contribution in [2.75, 3.05) is 0 Å². The van der Waals surface area contributed by atoms with Gasteiger partial charge in [0.15, 0.2) is 5.69 Å². The molecule has 2 aromatic heterocycles. The maximum atomic E-state index is 10.9. The van der Waals surface area contributed by atoms with E-state index >= 15 is 0 Å². The van der Waals surface area contributed by atoms with Gasteiger partial charge in [-0.05, 0) is 6.92 Å².